The number of rotatable bonds is 5. The Morgan fingerprint density at radius 2 is 1.76 bits per heavy atom. The third-order valence-electron chi connectivity index (χ3n) is 4.65. The van der Waals surface area contributed by atoms with Crippen molar-refractivity contribution in [3.63, 3.8) is 0 Å². The molecule has 33 heavy (non-hydrogen) atoms. The molecule has 1 aromatic carbocycles. The number of thioether (sulfide) groups is 1. The summed E-state index contributed by atoms with van der Waals surface area (Å²) in [6.07, 6.45) is 2.28. The zero-order valence-electron chi connectivity index (χ0n) is 16.7. The molecule has 0 spiro atoms. The highest BCUT2D eigenvalue weighted by Crippen LogP contribution is 2.36. The van der Waals surface area contributed by atoms with E-state index in [9.17, 15) is 30.8 Å². The first-order valence-corrected chi connectivity index (χ1v) is 11.8. The summed E-state index contributed by atoms with van der Waals surface area (Å²) in [4.78, 5) is 16.5. The molecule has 3 aromatic heterocycles. The highest BCUT2D eigenvalue weighted by Gasteiger charge is 2.30. The molecular formula is C20H14F4N4O3S2. The van der Waals surface area contributed by atoms with Crippen LogP contribution in [0.25, 0.3) is 22.6 Å². The number of nitrogens with zero attached hydrogens (tertiary/aromatic N) is 4. The maximum Gasteiger partial charge on any atom is 0.446 e. The van der Waals surface area contributed by atoms with Crippen molar-refractivity contribution in [2.24, 2.45) is 0 Å². The lowest BCUT2D eigenvalue weighted by atomic mass is 10.1. The minimum absolute atomic E-state index is 0.00998. The van der Waals surface area contributed by atoms with Crippen molar-refractivity contribution in [2.75, 3.05) is 5.75 Å². The molecule has 0 aliphatic carbocycles. The van der Waals surface area contributed by atoms with Gasteiger partial charge in [-0.3, -0.25) is 0 Å². The minimum atomic E-state index is -4.55. The first-order valence-electron chi connectivity index (χ1n) is 9.35. The molecule has 4 rings (SSSR count). The predicted molar refractivity (Wildman–Crippen MR) is 114 cm³/mol. The van der Waals surface area contributed by atoms with Gasteiger partial charge in [0.25, 0.3) is 0 Å². The molecule has 172 valence electrons. The van der Waals surface area contributed by atoms with Crippen molar-refractivity contribution in [1.82, 2.24) is 19.2 Å². The number of pyridine rings is 2. The van der Waals surface area contributed by atoms with Crippen LogP contribution < -0.4 is 5.69 Å². The Balaban J connectivity index is 1.90. The van der Waals surface area contributed by atoms with Gasteiger partial charge in [0.15, 0.2) is 21.3 Å². The molecule has 3 heterocycles. The van der Waals surface area contributed by atoms with E-state index < -0.39 is 38.6 Å². The van der Waals surface area contributed by atoms with Crippen LogP contribution in [0.4, 0.5) is 17.6 Å². The van der Waals surface area contributed by atoms with Crippen LogP contribution in [0.3, 0.4) is 0 Å². The van der Waals surface area contributed by atoms with Gasteiger partial charge in [0.2, 0.25) is 0 Å². The molecule has 0 aliphatic heterocycles. The normalized spacial score (nSPS) is 12.4. The van der Waals surface area contributed by atoms with Gasteiger partial charge in [0.1, 0.15) is 10.7 Å². The molecule has 0 radical (unpaired) electrons. The summed E-state index contributed by atoms with van der Waals surface area (Å²) >= 11 is -0.394. The van der Waals surface area contributed by atoms with Crippen LogP contribution in [0, 0.1) is 5.82 Å². The van der Waals surface area contributed by atoms with Gasteiger partial charge in [-0.25, -0.2) is 27.0 Å². The Kier molecular flexibility index (Phi) is 5.78. The van der Waals surface area contributed by atoms with Crippen LogP contribution in [0.1, 0.15) is 6.92 Å². The third-order valence-corrected chi connectivity index (χ3v) is 7.09. The summed E-state index contributed by atoms with van der Waals surface area (Å²) in [5.74, 6) is -1.06. The quantitative estimate of drug-likeness (QED) is 0.304. The number of aromatic nitrogens is 4. The Bertz CT molecular complexity index is 1510. The fraction of sp³-hybridized carbons (Fsp3) is 0.150. The fourth-order valence-electron chi connectivity index (χ4n) is 3.07. The van der Waals surface area contributed by atoms with E-state index in [1.54, 1.807) is 0 Å². The summed E-state index contributed by atoms with van der Waals surface area (Å²) < 4.78 is 78.5. The van der Waals surface area contributed by atoms with Gasteiger partial charge in [-0.05, 0) is 47.7 Å². The van der Waals surface area contributed by atoms with Gasteiger partial charge < -0.3 is 0 Å². The molecule has 0 atom stereocenters. The first kappa shape index (κ1) is 23.0. The van der Waals surface area contributed by atoms with E-state index in [0.29, 0.717) is 11.1 Å². The Hall–Kier alpha value is -3.19. The smallest absolute Gasteiger partial charge is 0.249 e. The van der Waals surface area contributed by atoms with Crippen molar-refractivity contribution in [1.29, 1.82) is 0 Å². The molecular weight excluding hydrogens is 484 g/mol. The van der Waals surface area contributed by atoms with E-state index in [1.807, 2.05) is 0 Å². The Morgan fingerprint density at radius 1 is 1.06 bits per heavy atom. The summed E-state index contributed by atoms with van der Waals surface area (Å²) in [5.41, 5.74) is -4.56. The Labute approximate surface area is 188 Å². The molecule has 0 aliphatic rings. The molecule has 0 amide bonds. The maximum atomic E-state index is 13.3. The molecule has 0 saturated carbocycles. The largest absolute Gasteiger partial charge is 0.446 e. The predicted octanol–water partition coefficient (Wildman–Crippen LogP) is 4.09. The van der Waals surface area contributed by atoms with Crippen LogP contribution in [-0.2, 0) is 9.84 Å². The van der Waals surface area contributed by atoms with Crippen LogP contribution in [0.2, 0.25) is 0 Å². The number of halogens is 4. The number of fused-ring (bicyclic) bond motifs is 1. The van der Waals surface area contributed by atoms with Gasteiger partial charge in [0.05, 0.1) is 5.75 Å². The number of hydrogen-bond donors (Lipinski definition) is 0. The van der Waals surface area contributed by atoms with Gasteiger partial charge in [-0.1, -0.05) is 19.1 Å². The number of benzene rings is 1. The maximum absolute atomic E-state index is 13.3. The molecule has 13 heteroatoms. The first-order chi connectivity index (χ1) is 15.5. The fourth-order valence-corrected chi connectivity index (χ4v) is 4.66. The molecule has 4 aromatic rings. The molecule has 0 bridgehead atoms. The average molecular weight is 498 g/mol. The van der Waals surface area contributed by atoms with E-state index in [1.165, 1.54) is 49.5 Å². The summed E-state index contributed by atoms with van der Waals surface area (Å²) in [5, 5.41) is 4.04. The topological polar surface area (TPSA) is 86.3 Å². The second-order valence-electron chi connectivity index (χ2n) is 6.79. The Morgan fingerprint density at radius 3 is 2.39 bits per heavy atom. The molecule has 0 unspecified atom stereocenters. The van der Waals surface area contributed by atoms with Crippen LogP contribution in [0.15, 0.2) is 69.4 Å². The van der Waals surface area contributed by atoms with Crippen molar-refractivity contribution < 1.29 is 26.0 Å². The molecule has 0 fully saturated rings. The number of sulfone groups is 1. The highest BCUT2D eigenvalue weighted by molar-refractivity contribution is 8.00. The lowest BCUT2D eigenvalue weighted by Crippen LogP contribution is -2.23. The van der Waals surface area contributed by atoms with Crippen LogP contribution in [0.5, 0.6) is 0 Å². The summed E-state index contributed by atoms with van der Waals surface area (Å²) in [7, 11) is -3.90. The zero-order valence-corrected chi connectivity index (χ0v) is 18.4. The summed E-state index contributed by atoms with van der Waals surface area (Å²) in [6.45, 7) is 1.41. The van der Waals surface area contributed by atoms with Gasteiger partial charge >= 0.3 is 11.2 Å². The second kappa shape index (κ2) is 8.30. The highest BCUT2D eigenvalue weighted by atomic mass is 32.2. The second-order valence-corrected chi connectivity index (χ2v) is 10.2. The lowest BCUT2D eigenvalue weighted by molar-refractivity contribution is -0.0328. The van der Waals surface area contributed by atoms with Gasteiger partial charge in [0, 0.05) is 22.9 Å². The zero-order chi connectivity index (χ0) is 24.0. The molecule has 7 nitrogen and oxygen atoms in total. The van der Waals surface area contributed by atoms with E-state index >= 15 is 0 Å². The monoisotopic (exact) mass is 498 g/mol. The van der Waals surface area contributed by atoms with Gasteiger partial charge in [-0.15, -0.1) is 5.10 Å². The summed E-state index contributed by atoms with van der Waals surface area (Å²) in [6, 6.07) is 8.99. The van der Waals surface area contributed by atoms with Crippen molar-refractivity contribution in [3.8, 4) is 16.9 Å². The number of hydrogen-bond acceptors (Lipinski definition) is 6. The molecule has 0 saturated heterocycles. The van der Waals surface area contributed by atoms with Crippen LogP contribution >= 0.6 is 11.8 Å². The van der Waals surface area contributed by atoms with E-state index in [0.717, 1.165) is 21.3 Å². The van der Waals surface area contributed by atoms with Crippen molar-refractivity contribution >= 4 is 27.2 Å². The minimum Gasteiger partial charge on any atom is -0.249 e. The third kappa shape index (κ3) is 4.64. The molecule has 0 N–H and O–H groups in total. The van der Waals surface area contributed by atoms with E-state index in [2.05, 4.69) is 10.1 Å². The SMILES string of the molecule is CCS(=O)(=O)c1cc(-c2ccc(F)cc2)cnc1-n1nc2ccc(SC(F)(F)F)cn2c1=O. The van der Waals surface area contributed by atoms with Crippen LogP contribution in [-0.4, -0.2) is 38.8 Å². The van der Waals surface area contributed by atoms with Crippen molar-refractivity contribution in [3.05, 3.63) is 71.2 Å². The van der Waals surface area contributed by atoms with E-state index in [-0.39, 0.29) is 27.0 Å². The van der Waals surface area contributed by atoms with Crippen molar-refractivity contribution in [2.45, 2.75) is 22.2 Å². The standard InChI is InChI=1S/C20H14F4N4O3S2/c1-2-33(30,31)16-9-13(12-3-5-14(21)6-4-12)10-25-18(16)28-19(29)27-11-15(32-20(22,23)24)7-8-17(27)26-28/h3-11H,2H2,1H3. The number of alkyl halides is 3. The van der Waals surface area contributed by atoms with Gasteiger partial charge in [-0.2, -0.15) is 17.9 Å². The lowest BCUT2D eigenvalue weighted by Gasteiger charge is -2.10. The van der Waals surface area contributed by atoms with E-state index in [4.69, 9.17) is 0 Å². The average Bonchev–Trinajstić information content (AvgIpc) is 3.08.